The first-order valence-corrected chi connectivity index (χ1v) is 11.0. The minimum absolute atomic E-state index is 0.472. The summed E-state index contributed by atoms with van der Waals surface area (Å²) >= 11 is -0.472. The molecule has 1 aromatic carbocycles. The molecule has 1 rings (SSSR count). The minimum atomic E-state index is -0.837. The third-order valence-corrected chi connectivity index (χ3v) is 2.29. The topological polar surface area (TPSA) is 17.1 Å². The van der Waals surface area contributed by atoms with Crippen molar-refractivity contribution >= 4 is 29.6 Å². The molecular weight excluding hydrogens is 434 g/mol. The first-order chi connectivity index (χ1) is 7.11. The number of hydrogen-bond donors (Lipinski definition) is 0. The van der Waals surface area contributed by atoms with Gasteiger partial charge in [0.15, 0.2) is 0 Å². The molecule has 0 aliphatic rings. The molecule has 0 heterocycles. The third kappa shape index (κ3) is 10.7. The van der Waals surface area contributed by atoms with Crippen LogP contribution in [0.2, 0.25) is 0 Å². The standard InChI is InChI=1S/C8H10OS.C2H4.2ClH.Pt/c1-7-3-5-8(6-4-7)10(2)9;1-2;;;/h3-6H,1-2H3;1-2H2;2*1H;/q;;;;+2/p-2. The molecule has 1 atom stereocenters. The molecule has 0 spiro atoms. The molecule has 0 N–H and O–H groups in total. The third-order valence-electron chi connectivity index (χ3n) is 1.35. The van der Waals surface area contributed by atoms with Crippen molar-refractivity contribution in [2.75, 3.05) is 6.26 Å². The molecule has 90 valence electrons. The van der Waals surface area contributed by atoms with Crippen LogP contribution in [0.5, 0.6) is 0 Å². The Morgan fingerprint density at radius 3 is 1.80 bits per heavy atom. The van der Waals surface area contributed by atoms with Crippen LogP contribution >= 0.6 is 18.8 Å². The van der Waals surface area contributed by atoms with E-state index in [1.54, 1.807) is 6.26 Å². The zero-order chi connectivity index (χ0) is 12.3. The number of rotatable bonds is 1. The fraction of sp³-hybridized carbons (Fsp3) is 0.200. The van der Waals surface area contributed by atoms with E-state index in [0.717, 1.165) is 4.90 Å². The van der Waals surface area contributed by atoms with E-state index in [-0.39, 0.29) is 0 Å². The van der Waals surface area contributed by atoms with Crippen molar-refractivity contribution in [3.63, 3.8) is 0 Å². The Balaban J connectivity index is 0. The van der Waals surface area contributed by atoms with E-state index in [4.69, 9.17) is 18.8 Å². The fourth-order valence-corrected chi connectivity index (χ4v) is 1.25. The predicted molar refractivity (Wildman–Crippen MR) is 66.5 cm³/mol. The first kappa shape index (κ1) is 17.8. The second-order valence-electron chi connectivity index (χ2n) is 2.31. The maximum atomic E-state index is 10.9. The average Bonchev–Trinajstić information content (AvgIpc) is 2.22. The summed E-state index contributed by atoms with van der Waals surface area (Å²) < 4.78 is 10.9. The first-order valence-electron chi connectivity index (χ1n) is 3.84. The summed E-state index contributed by atoms with van der Waals surface area (Å²) in [5.74, 6) is 0. The van der Waals surface area contributed by atoms with Crippen LogP contribution in [0.15, 0.2) is 42.3 Å². The Morgan fingerprint density at radius 2 is 1.53 bits per heavy atom. The average molecular weight is 448 g/mol. The summed E-state index contributed by atoms with van der Waals surface area (Å²) in [6, 6.07) is 7.73. The van der Waals surface area contributed by atoms with Gasteiger partial charge in [0.1, 0.15) is 0 Å². The number of benzene rings is 1. The molecule has 0 aliphatic heterocycles. The summed E-state index contributed by atoms with van der Waals surface area (Å²) in [5.41, 5.74) is 1.20. The molecule has 5 heteroatoms. The second-order valence-corrected chi connectivity index (χ2v) is 6.97. The Morgan fingerprint density at radius 1 is 1.20 bits per heavy atom. The molecule has 0 radical (unpaired) electrons. The number of aryl methyl sites for hydroxylation is 1. The predicted octanol–water partition coefficient (Wildman–Crippen LogP) is 3.91. The number of hydrogen-bond acceptors (Lipinski definition) is 1. The van der Waals surface area contributed by atoms with E-state index < -0.39 is 27.3 Å². The van der Waals surface area contributed by atoms with Crippen molar-refractivity contribution in [1.29, 1.82) is 0 Å². The van der Waals surface area contributed by atoms with Gasteiger partial charge in [-0.2, -0.15) is 0 Å². The van der Waals surface area contributed by atoms with Crippen molar-refractivity contribution in [3.05, 3.63) is 43.0 Å². The van der Waals surface area contributed by atoms with Crippen molar-refractivity contribution in [3.8, 4) is 0 Å². The van der Waals surface area contributed by atoms with Crippen molar-refractivity contribution < 1.29 is 20.7 Å². The van der Waals surface area contributed by atoms with E-state index >= 15 is 0 Å². The Labute approximate surface area is 111 Å². The molecule has 0 aromatic heterocycles. The summed E-state index contributed by atoms with van der Waals surface area (Å²) in [6.07, 6.45) is 1.69. The van der Waals surface area contributed by atoms with E-state index in [9.17, 15) is 4.21 Å². The molecule has 1 aromatic rings. The van der Waals surface area contributed by atoms with Crippen LogP contribution < -0.4 is 0 Å². The normalized spacial score (nSPS) is 10.4. The van der Waals surface area contributed by atoms with Gasteiger partial charge in [-0.3, -0.25) is 4.21 Å². The van der Waals surface area contributed by atoms with Crippen LogP contribution in [0, 0.1) is 6.92 Å². The van der Waals surface area contributed by atoms with Crippen molar-refractivity contribution in [2.24, 2.45) is 0 Å². The molecule has 0 aliphatic carbocycles. The summed E-state index contributed by atoms with van der Waals surface area (Å²) in [5, 5.41) is 0. The van der Waals surface area contributed by atoms with Crippen LogP contribution in [0.25, 0.3) is 0 Å². The molecule has 1 unspecified atom stereocenters. The van der Waals surface area contributed by atoms with Gasteiger partial charge in [-0.15, -0.1) is 13.2 Å². The Hall–Kier alpha value is 0.378. The van der Waals surface area contributed by atoms with Gasteiger partial charge in [-0.1, -0.05) is 17.7 Å². The molecule has 15 heavy (non-hydrogen) atoms. The van der Waals surface area contributed by atoms with Crippen LogP contribution in [0.1, 0.15) is 5.56 Å². The molecule has 0 bridgehead atoms. The second kappa shape index (κ2) is 12.4. The molecule has 0 saturated heterocycles. The van der Waals surface area contributed by atoms with Crippen molar-refractivity contribution in [2.45, 2.75) is 11.8 Å². The summed E-state index contributed by atoms with van der Waals surface area (Å²) in [4.78, 5) is 0.894. The maximum absolute atomic E-state index is 10.9. The van der Waals surface area contributed by atoms with E-state index in [1.165, 1.54) is 5.56 Å². The van der Waals surface area contributed by atoms with Crippen LogP contribution in [-0.2, 0) is 27.3 Å². The Bertz CT molecular complexity index is 277. The van der Waals surface area contributed by atoms with Crippen LogP contribution in [0.4, 0.5) is 0 Å². The van der Waals surface area contributed by atoms with Gasteiger partial charge in [-0.05, 0) is 19.1 Å². The number of halogens is 2. The molecule has 0 amide bonds. The summed E-state index contributed by atoms with van der Waals surface area (Å²) in [7, 11) is 8.91. The van der Waals surface area contributed by atoms with Crippen LogP contribution in [0.3, 0.4) is 0 Å². The van der Waals surface area contributed by atoms with Gasteiger partial charge in [0.05, 0.1) is 0 Å². The zero-order valence-corrected chi connectivity index (χ0v) is 13.2. The Kier molecular flexibility index (Phi) is 14.7. The van der Waals surface area contributed by atoms with Gasteiger partial charge in [-0.25, -0.2) is 0 Å². The molecule has 0 saturated carbocycles. The zero-order valence-electron chi connectivity index (χ0n) is 8.61. The van der Waals surface area contributed by atoms with Gasteiger partial charge in [0.25, 0.3) is 0 Å². The van der Waals surface area contributed by atoms with Gasteiger partial charge in [0, 0.05) is 22.0 Å². The molecule has 0 fully saturated rings. The van der Waals surface area contributed by atoms with Crippen molar-refractivity contribution in [1.82, 2.24) is 0 Å². The SMILES string of the molecule is C=C.Cc1ccc(S(C)=O)cc1.[Cl][Pt][Cl]. The fourth-order valence-electron chi connectivity index (χ4n) is 0.730. The van der Waals surface area contributed by atoms with Gasteiger partial charge >= 0.3 is 35.3 Å². The quantitative estimate of drug-likeness (QED) is 0.596. The van der Waals surface area contributed by atoms with Crippen LogP contribution in [-0.4, -0.2) is 10.5 Å². The van der Waals surface area contributed by atoms with E-state index in [1.807, 2.05) is 31.2 Å². The van der Waals surface area contributed by atoms with E-state index in [0.29, 0.717) is 0 Å². The van der Waals surface area contributed by atoms with E-state index in [2.05, 4.69) is 13.2 Å². The summed E-state index contributed by atoms with van der Waals surface area (Å²) in [6.45, 7) is 8.02. The monoisotopic (exact) mass is 447 g/mol. The van der Waals surface area contributed by atoms with Gasteiger partial charge in [0.2, 0.25) is 0 Å². The van der Waals surface area contributed by atoms with Gasteiger partial charge < -0.3 is 0 Å². The molecule has 1 nitrogen and oxygen atoms in total. The molecular formula is C10H14Cl2OPtS.